The number of rotatable bonds is 3. The molecule has 0 spiro atoms. The second kappa shape index (κ2) is 8.44. The van der Waals surface area contributed by atoms with Gasteiger partial charge in [0, 0.05) is 55.6 Å². The molecule has 4 aromatic heterocycles. The second-order valence-corrected chi connectivity index (χ2v) is 10.6. The summed E-state index contributed by atoms with van der Waals surface area (Å²) >= 11 is 0. The first kappa shape index (κ1) is 22.2. The lowest BCUT2D eigenvalue weighted by molar-refractivity contribution is 1.08. The summed E-state index contributed by atoms with van der Waals surface area (Å²) in [7, 11) is 0. The van der Waals surface area contributed by atoms with Crippen LogP contribution in [0.1, 0.15) is 0 Å². The Bertz CT molecular complexity index is 2390. The third-order valence-corrected chi connectivity index (χ3v) is 8.31. The van der Waals surface area contributed by atoms with Crippen molar-refractivity contribution in [2.75, 3.05) is 0 Å². The minimum atomic E-state index is 0.916. The van der Waals surface area contributed by atoms with E-state index in [1.165, 1.54) is 43.5 Å². The Morgan fingerprint density at radius 1 is 0.488 bits per heavy atom. The van der Waals surface area contributed by atoms with Gasteiger partial charge in [-0.3, -0.25) is 4.57 Å². The lowest BCUT2D eigenvalue weighted by atomic mass is 10.1. The first-order valence-corrected chi connectivity index (χ1v) is 13.9. The second-order valence-electron chi connectivity index (χ2n) is 10.6. The number of nitrogens with zero attached hydrogens (tertiary/aromatic N) is 3. The van der Waals surface area contributed by atoms with Gasteiger partial charge in [0.2, 0.25) is 0 Å². The molecule has 1 N–H and O–H groups in total. The summed E-state index contributed by atoms with van der Waals surface area (Å²) in [5.41, 5.74) is 9.23. The van der Waals surface area contributed by atoms with Crippen LogP contribution in [0.15, 0.2) is 140 Å². The lowest BCUT2D eigenvalue weighted by Gasteiger charge is -2.11. The maximum atomic E-state index is 4.73. The molecule has 0 atom stereocenters. The number of para-hydroxylation sites is 3. The van der Waals surface area contributed by atoms with Crippen molar-refractivity contribution in [3.8, 4) is 22.8 Å². The first-order valence-electron chi connectivity index (χ1n) is 13.9. The van der Waals surface area contributed by atoms with E-state index in [-0.39, 0.29) is 0 Å². The van der Waals surface area contributed by atoms with E-state index in [1.807, 2.05) is 18.3 Å². The number of aromatic amines is 1. The fraction of sp³-hybridized carbons (Fsp3) is 0. The topological polar surface area (TPSA) is 38.5 Å². The number of hydrogen-bond donors (Lipinski definition) is 1. The van der Waals surface area contributed by atoms with Crippen LogP contribution in [0.25, 0.3) is 77.3 Å². The van der Waals surface area contributed by atoms with Crippen LogP contribution in [0.2, 0.25) is 0 Å². The largest absolute Gasteiger partial charge is 0.355 e. The van der Waals surface area contributed by atoms with Crippen LogP contribution in [-0.4, -0.2) is 19.1 Å². The average Bonchev–Trinajstić information content (AvgIpc) is 3.71. The molecule has 0 fully saturated rings. The molecule has 0 saturated heterocycles. The van der Waals surface area contributed by atoms with E-state index in [1.54, 1.807) is 0 Å². The summed E-state index contributed by atoms with van der Waals surface area (Å²) < 4.78 is 4.68. The first-order chi connectivity index (χ1) is 20.3. The van der Waals surface area contributed by atoms with Crippen molar-refractivity contribution in [3.05, 3.63) is 140 Å². The van der Waals surface area contributed by atoms with E-state index < -0.39 is 0 Å². The van der Waals surface area contributed by atoms with Crippen molar-refractivity contribution in [3.63, 3.8) is 0 Å². The summed E-state index contributed by atoms with van der Waals surface area (Å²) in [4.78, 5) is 8.34. The Kier molecular flexibility index (Phi) is 4.58. The van der Waals surface area contributed by atoms with Gasteiger partial charge in [-0.1, -0.05) is 78.9 Å². The molecule has 5 aromatic carbocycles. The minimum absolute atomic E-state index is 0.916. The fourth-order valence-electron chi connectivity index (χ4n) is 6.48. The molecule has 0 aliphatic rings. The van der Waals surface area contributed by atoms with Crippen molar-refractivity contribution in [1.29, 1.82) is 0 Å². The highest BCUT2D eigenvalue weighted by atomic mass is 15.1. The molecule has 0 bridgehead atoms. The Morgan fingerprint density at radius 3 is 1.93 bits per heavy atom. The Balaban J connectivity index is 1.34. The number of aromatic nitrogens is 4. The summed E-state index contributed by atoms with van der Waals surface area (Å²) in [6, 6.07) is 47.7. The van der Waals surface area contributed by atoms with Gasteiger partial charge in [0.25, 0.3) is 0 Å². The molecule has 4 heterocycles. The number of pyridine rings is 1. The third kappa shape index (κ3) is 3.25. The monoisotopic (exact) mass is 524 g/mol. The normalized spacial score (nSPS) is 11.9. The molecular formula is C37H24N4. The van der Waals surface area contributed by atoms with Gasteiger partial charge in [-0.05, 0) is 54.6 Å². The molecule has 0 amide bonds. The number of benzene rings is 5. The Hall–Kier alpha value is -5.61. The third-order valence-electron chi connectivity index (χ3n) is 8.31. The molecule has 0 aliphatic carbocycles. The lowest BCUT2D eigenvalue weighted by Crippen LogP contribution is -1.98. The van der Waals surface area contributed by atoms with Crippen LogP contribution < -0.4 is 0 Å². The van der Waals surface area contributed by atoms with Gasteiger partial charge in [0.15, 0.2) is 0 Å². The quantitative estimate of drug-likeness (QED) is 0.246. The Labute approximate surface area is 235 Å². The van der Waals surface area contributed by atoms with Crippen molar-refractivity contribution >= 4 is 54.5 Å². The van der Waals surface area contributed by atoms with Crippen molar-refractivity contribution < 1.29 is 0 Å². The van der Waals surface area contributed by atoms with Crippen LogP contribution in [0.3, 0.4) is 0 Å². The van der Waals surface area contributed by atoms with E-state index in [0.29, 0.717) is 0 Å². The van der Waals surface area contributed by atoms with E-state index in [9.17, 15) is 0 Å². The number of fused-ring (bicyclic) bond motifs is 7. The fourth-order valence-corrected chi connectivity index (χ4v) is 6.48. The summed E-state index contributed by atoms with van der Waals surface area (Å²) in [6.07, 6.45) is 1.86. The van der Waals surface area contributed by atoms with Crippen molar-refractivity contribution in [2.45, 2.75) is 0 Å². The van der Waals surface area contributed by atoms with Gasteiger partial charge in [-0.2, -0.15) is 0 Å². The Morgan fingerprint density at radius 2 is 1.15 bits per heavy atom. The van der Waals surface area contributed by atoms with Crippen molar-refractivity contribution in [2.24, 2.45) is 0 Å². The van der Waals surface area contributed by atoms with Gasteiger partial charge in [0.1, 0.15) is 5.82 Å². The molecular weight excluding hydrogens is 500 g/mol. The van der Waals surface area contributed by atoms with E-state index in [4.69, 9.17) is 4.98 Å². The average molecular weight is 525 g/mol. The molecule has 4 heteroatoms. The summed E-state index contributed by atoms with van der Waals surface area (Å²) in [5, 5.41) is 6.15. The van der Waals surface area contributed by atoms with Crippen LogP contribution in [0, 0.1) is 0 Å². The molecule has 0 radical (unpaired) electrons. The standard InChI is InChI=1S/C37H24N4/c1-4-12-31-24(9-1)21-32(39-31)25-16-18-29-27-10-2-5-13-33(27)40(35(29)22-25)26-17-19-30-28-11-3-6-14-34(28)41(36(30)23-26)37-15-7-8-20-38-37/h1-23,39H. The summed E-state index contributed by atoms with van der Waals surface area (Å²) in [6.45, 7) is 0. The number of nitrogens with one attached hydrogen (secondary N) is 1. The summed E-state index contributed by atoms with van der Waals surface area (Å²) in [5.74, 6) is 0.916. The zero-order chi connectivity index (χ0) is 26.9. The minimum Gasteiger partial charge on any atom is -0.355 e. The molecule has 0 saturated carbocycles. The van der Waals surface area contributed by atoms with E-state index in [0.717, 1.165) is 33.7 Å². The van der Waals surface area contributed by atoms with Crippen molar-refractivity contribution in [1.82, 2.24) is 19.1 Å². The SMILES string of the molecule is c1ccc(-n2c3ccccc3c3ccc(-n4c5ccccc5c5ccc(-c6cc7ccccc7[nH]6)cc54)cc32)nc1. The number of H-pyrrole nitrogens is 1. The van der Waals surface area contributed by atoms with Crippen LogP contribution in [0.4, 0.5) is 0 Å². The molecule has 0 aliphatic heterocycles. The van der Waals surface area contributed by atoms with Gasteiger partial charge >= 0.3 is 0 Å². The molecule has 9 aromatic rings. The van der Waals surface area contributed by atoms with Crippen LogP contribution >= 0.6 is 0 Å². The molecule has 192 valence electrons. The molecule has 9 rings (SSSR count). The van der Waals surface area contributed by atoms with Gasteiger partial charge in [-0.15, -0.1) is 0 Å². The zero-order valence-corrected chi connectivity index (χ0v) is 22.1. The van der Waals surface area contributed by atoms with E-state index in [2.05, 4.69) is 135 Å². The highest BCUT2D eigenvalue weighted by Gasteiger charge is 2.17. The predicted octanol–water partition coefficient (Wildman–Crippen LogP) is 9.42. The maximum absolute atomic E-state index is 4.73. The van der Waals surface area contributed by atoms with Crippen LogP contribution in [0.5, 0.6) is 0 Å². The number of hydrogen-bond acceptors (Lipinski definition) is 1. The van der Waals surface area contributed by atoms with E-state index >= 15 is 0 Å². The smallest absolute Gasteiger partial charge is 0.137 e. The zero-order valence-electron chi connectivity index (χ0n) is 22.1. The molecule has 0 unspecified atom stereocenters. The van der Waals surface area contributed by atoms with Gasteiger partial charge in [0.05, 0.1) is 22.1 Å². The van der Waals surface area contributed by atoms with Gasteiger partial charge in [-0.25, -0.2) is 4.98 Å². The van der Waals surface area contributed by atoms with Gasteiger partial charge < -0.3 is 9.55 Å². The predicted molar refractivity (Wildman–Crippen MR) is 170 cm³/mol. The highest BCUT2D eigenvalue weighted by molar-refractivity contribution is 6.12. The maximum Gasteiger partial charge on any atom is 0.137 e. The molecule has 41 heavy (non-hydrogen) atoms. The van der Waals surface area contributed by atoms with Crippen LogP contribution in [-0.2, 0) is 0 Å². The molecule has 4 nitrogen and oxygen atoms in total. The highest BCUT2D eigenvalue weighted by Crippen LogP contribution is 2.38.